The summed E-state index contributed by atoms with van der Waals surface area (Å²) in [6.45, 7) is 5.31. The molecule has 52 valence electrons. The smallest absolute Gasteiger partial charge is 0.471 e. The molecule has 0 fully saturated rings. The predicted molar refractivity (Wildman–Crippen MR) is 34.1 cm³/mol. The number of hydrogen-bond donors (Lipinski definition) is 1. The Morgan fingerprint density at radius 3 is 2.67 bits per heavy atom. The van der Waals surface area contributed by atoms with Crippen molar-refractivity contribution in [2.45, 2.75) is 25.9 Å². The SMILES string of the molecule is [CH2-]CCC=[C-][C@@H](C)O.[Cr+2]. The molecular weight excluding hydrogens is 152 g/mol. The molecule has 0 aliphatic carbocycles. The third kappa shape index (κ3) is 11.7. The van der Waals surface area contributed by atoms with Crippen molar-refractivity contribution in [1.29, 1.82) is 0 Å². The molecule has 0 aromatic carbocycles. The molecule has 0 aliphatic rings. The first-order valence-corrected chi connectivity index (χ1v) is 2.82. The number of allylic oxidation sites excluding steroid dienone is 1. The van der Waals surface area contributed by atoms with Crippen molar-refractivity contribution < 1.29 is 22.5 Å². The fraction of sp³-hybridized carbons (Fsp3) is 0.571. The molecule has 0 saturated carbocycles. The molecule has 0 aromatic heterocycles. The molecule has 1 N–H and O–H groups in total. The van der Waals surface area contributed by atoms with E-state index in [4.69, 9.17) is 5.11 Å². The van der Waals surface area contributed by atoms with Crippen LogP contribution in [0.25, 0.3) is 0 Å². The van der Waals surface area contributed by atoms with Crippen molar-refractivity contribution >= 4 is 0 Å². The van der Waals surface area contributed by atoms with E-state index in [-0.39, 0.29) is 17.4 Å². The van der Waals surface area contributed by atoms with Crippen LogP contribution in [0.4, 0.5) is 0 Å². The predicted octanol–water partition coefficient (Wildman–Crippen LogP) is 1.34. The van der Waals surface area contributed by atoms with Crippen LogP contribution in [0, 0.1) is 13.0 Å². The van der Waals surface area contributed by atoms with Crippen LogP contribution in [0.5, 0.6) is 0 Å². The molecule has 0 aliphatic heterocycles. The van der Waals surface area contributed by atoms with Crippen LogP contribution < -0.4 is 0 Å². The Balaban J connectivity index is 0. The van der Waals surface area contributed by atoms with Crippen LogP contribution in [0.2, 0.25) is 0 Å². The Kier molecular flexibility index (Phi) is 10.9. The summed E-state index contributed by atoms with van der Waals surface area (Å²) in [6, 6.07) is 0. The minimum atomic E-state index is -0.429. The summed E-state index contributed by atoms with van der Waals surface area (Å²) >= 11 is 0. The summed E-state index contributed by atoms with van der Waals surface area (Å²) in [5.41, 5.74) is 0. The van der Waals surface area contributed by atoms with Gasteiger partial charge in [0.25, 0.3) is 0 Å². The minimum Gasteiger partial charge on any atom is -0.471 e. The van der Waals surface area contributed by atoms with Crippen LogP contribution in [-0.2, 0) is 17.4 Å². The van der Waals surface area contributed by atoms with E-state index in [0.29, 0.717) is 0 Å². The van der Waals surface area contributed by atoms with Crippen molar-refractivity contribution in [3.8, 4) is 0 Å². The second-order valence-corrected chi connectivity index (χ2v) is 1.69. The van der Waals surface area contributed by atoms with E-state index in [1.165, 1.54) is 0 Å². The maximum Gasteiger partial charge on any atom is 2.00 e. The molecule has 1 nitrogen and oxygen atoms in total. The molecule has 0 rings (SSSR count). The van der Waals surface area contributed by atoms with Gasteiger partial charge in [-0.05, 0) is 0 Å². The van der Waals surface area contributed by atoms with Crippen LogP contribution in [-0.4, -0.2) is 11.2 Å². The van der Waals surface area contributed by atoms with Crippen molar-refractivity contribution in [2.75, 3.05) is 0 Å². The van der Waals surface area contributed by atoms with Gasteiger partial charge in [-0.2, -0.15) is 6.42 Å². The zero-order valence-electron chi connectivity index (χ0n) is 5.63. The number of hydrogen-bond acceptors (Lipinski definition) is 1. The summed E-state index contributed by atoms with van der Waals surface area (Å²) in [7, 11) is 0. The molecule has 9 heavy (non-hydrogen) atoms. The summed E-state index contributed by atoms with van der Waals surface area (Å²) in [5, 5.41) is 8.62. The van der Waals surface area contributed by atoms with Crippen molar-refractivity contribution in [3.05, 3.63) is 19.1 Å². The summed E-state index contributed by atoms with van der Waals surface area (Å²) in [6.07, 6.45) is 5.91. The van der Waals surface area contributed by atoms with Crippen molar-refractivity contribution in [1.82, 2.24) is 0 Å². The molecule has 1 atom stereocenters. The Bertz CT molecular complexity index is 69.3. The van der Waals surface area contributed by atoms with Crippen LogP contribution in [0.15, 0.2) is 6.08 Å². The maximum absolute atomic E-state index is 8.62. The fourth-order valence-electron chi connectivity index (χ4n) is 0.356. The van der Waals surface area contributed by atoms with E-state index in [1.54, 1.807) is 6.92 Å². The number of aliphatic hydroxyl groups is 1. The minimum absolute atomic E-state index is 0. The topological polar surface area (TPSA) is 20.2 Å². The molecule has 2 heteroatoms. The molecule has 0 heterocycles. The first-order valence-electron chi connectivity index (χ1n) is 2.82. The van der Waals surface area contributed by atoms with Crippen LogP contribution in [0.3, 0.4) is 0 Å². The second-order valence-electron chi connectivity index (χ2n) is 1.69. The number of rotatable bonds is 3. The van der Waals surface area contributed by atoms with E-state index in [9.17, 15) is 0 Å². The fourth-order valence-corrected chi connectivity index (χ4v) is 0.356. The molecule has 0 spiro atoms. The molecule has 0 bridgehead atoms. The Hall–Kier alpha value is 0.232. The normalized spacial score (nSPS) is 13.2. The standard InChI is InChI=1S/C7H12O.Cr/c1-3-4-5-6-7(2)8;/h5,7-8H,1,3-4H2,2H3;/q-2;+2/t7-;/m1./s1. The molecule has 0 unspecified atom stereocenters. The molecule has 0 aromatic rings. The summed E-state index contributed by atoms with van der Waals surface area (Å²) in [5.74, 6) is 0. The monoisotopic (exact) mass is 164 g/mol. The van der Waals surface area contributed by atoms with Gasteiger partial charge in [-0.3, -0.25) is 6.08 Å². The van der Waals surface area contributed by atoms with Crippen molar-refractivity contribution in [2.24, 2.45) is 0 Å². The average molecular weight is 164 g/mol. The number of unbranched alkanes of at least 4 members (excludes halogenated alkanes) is 1. The van der Waals surface area contributed by atoms with Crippen LogP contribution in [0.1, 0.15) is 19.8 Å². The van der Waals surface area contributed by atoms with Crippen molar-refractivity contribution in [3.63, 3.8) is 0 Å². The zero-order chi connectivity index (χ0) is 6.41. The van der Waals surface area contributed by atoms with Gasteiger partial charge in [0.2, 0.25) is 0 Å². The van der Waals surface area contributed by atoms with E-state index in [2.05, 4.69) is 13.0 Å². The Morgan fingerprint density at radius 1 is 1.78 bits per heavy atom. The quantitative estimate of drug-likeness (QED) is 0.624. The number of aliphatic hydroxyl groups excluding tert-OH is 1. The third-order valence-corrected chi connectivity index (χ3v) is 0.708. The van der Waals surface area contributed by atoms with E-state index >= 15 is 0 Å². The maximum atomic E-state index is 8.62. The van der Waals surface area contributed by atoms with Gasteiger partial charge in [0.1, 0.15) is 0 Å². The van der Waals surface area contributed by atoms with E-state index in [1.807, 2.05) is 6.08 Å². The summed E-state index contributed by atoms with van der Waals surface area (Å²) < 4.78 is 0. The first-order chi connectivity index (χ1) is 3.77. The van der Waals surface area contributed by atoms with Gasteiger partial charge >= 0.3 is 17.4 Å². The third-order valence-electron chi connectivity index (χ3n) is 0.708. The molecule has 0 saturated heterocycles. The first kappa shape index (κ1) is 12.0. The largest absolute Gasteiger partial charge is 2.00 e. The van der Waals surface area contributed by atoms with Gasteiger partial charge in [0, 0.05) is 0 Å². The Morgan fingerprint density at radius 2 is 2.33 bits per heavy atom. The van der Waals surface area contributed by atoms with Gasteiger partial charge in [0.15, 0.2) is 0 Å². The van der Waals surface area contributed by atoms with Crippen LogP contribution >= 0.6 is 0 Å². The van der Waals surface area contributed by atoms with Gasteiger partial charge in [-0.25, -0.2) is 0 Å². The van der Waals surface area contributed by atoms with E-state index in [0.717, 1.165) is 12.8 Å². The van der Waals surface area contributed by atoms with E-state index < -0.39 is 6.10 Å². The summed E-state index contributed by atoms with van der Waals surface area (Å²) in [4.78, 5) is 0. The molecular formula is C7H12CrO. The Labute approximate surface area is 67.9 Å². The van der Waals surface area contributed by atoms with Gasteiger partial charge in [0.05, 0.1) is 0 Å². The van der Waals surface area contributed by atoms with Gasteiger partial charge in [-0.15, -0.1) is 0 Å². The van der Waals surface area contributed by atoms with Gasteiger partial charge < -0.3 is 18.1 Å². The molecule has 0 amide bonds. The van der Waals surface area contributed by atoms with Gasteiger partial charge in [-0.1, -0.05) is 19.4 Å². The zero-order valence-corrected chi connectivity index (χ0v) is 6.91. The second kappa shape index (κ2) is 8.23. The molecule has 0 radical (unpaired) electrons. The average Bonchev–Trinajstić information content (AvgIpc) is 1.66.